The van der Waals surface area contributed by atoms with Crippen LogP contribution in [0.1, 0.15) is 30.5 Å². The Kier molecular flexibility index (Phi) is 5.26. The molecule has 0 spiro atoms. The number of hydrogen-bond acceptors (Lipinski definition) is 1. The van der Waals surface area contributed by atoms with Crippen LogP contribution in [0, 0.1) is 17.5 Å². The smallest absolute Gasteiger partial charge is 0.159 e. The van der Waals surface area contributed by atoms with E-state index in [2.05, 4.69) is 5.32 Å². The van der Waals surface area contributed by atoms with Crippen molar-refractivity contribution in [3.63, 3.8) is 0 Å². The van der Waals surface area contributed by atoms with Crippen LogP contribution in [0.5, 0.6) is 0 Å². The van der Waals surface area contributed by atoms with Crippen molar-refractivity contribution in [2.75, 3.05) is 6.54 Å². The van der Waals surface area contributed by atoms with Gasteiger partial charge in [0, 0.05) is 5.56 Å². The third kappa shape index (κ3) is 3.57. The first kappa shape index (κ1) is 15.9. The maximum absolute atomic E-state index is 14.2. The first-order valence-electron chi connectivity index (χ1n) is 6.66. The highest BCUT2D eigenvalue weighted by Crippen LogP contribution is 2.29. The largest absolute Gasteiger partial charge is 0.306 e. The van der Waals surface area contributed by atoms with E-state index in [1.165, 1.54) is 12.1 Å². The SMILES string of the molecule is CCCNC(c1ccc(F)c(F)c1)c1cccc(Cl)c1F. The molecule has 0 aliphatic carbocycles. The Morgan fingerprint density at radius 2 is 1.86 bits per heavy atom. The van der Waals surface area contributed by atoms with E-state index in [9.17, 15) is 13.2 Å². The molecular formula is C16H15ClF3N. The summed E-state index contributed by atoms with van der Waals surface area (Å²) in [4.78, 5) is 0. The minimum atomic E-state index is -0.960. The Hall–Kier alpha value is -1.52. The number of benzene rings is 2. The van der Waals surface area contributed by atoms with Gasteiger partial charge < -0.3 is 5.32 Å². The molecular weight excluding hydrogens is 299 g/mol. The summed E-state index contributed by atoms with van der Waals surface area (Å²) in [5, 5.41) is 3.13. The lowest BCUT2D eigenvalue weighted by Gasteiger charge is -2.20. The molecule has 0 bridgehead atoms. The molecule has 0 amide bonds. The van der Waals surface area contributed by atoms with E-state index in [1.807, 2.05) is 6.92 Å². The molecule has 21 heavy (non-hydrogen) atoms. The van der Waals surface area contributed by atoms with Crippen LogP contribution in [0.2, 0.25) is 5.02 Å². The monoisotopic (exact) mass is 313 g/mol. The molecule has 0 fully saturated rings. The summed E-state index contributed by atoms with van der Waals surface area (Å²) in [6.45, 7) is 2.57. The molecule has 2 aromatic rings. The van der Waals surface area contributed by atoms with Crippen LogP contribution in [0.15, 0.2) is 36.4 Å². The second-order valence-electron chi connectivity index (χ2n) is 4.70. The molecule has 2 rings (SSSR count). The van der Waals surface area contributed by atoms with E-state index >= 15 is 0 Å². The highest BCUT2D eigenvalue weighted by molar-refractivity contribution is 6.30. The van der Waals surface area contributed by atoms with Crippen molar-refractivity contribution in [1.29, 1.82) is 0 Å². The van der Waals surface area contributed by atoms with Gasteiger partial charge in [-0.1, -0.05) is 36.7 Å². The second-order valence-corrected chi connectivity index (χ2v) is 5.11. The molecule has 0 aliphatic rings. The number of halogens is 4. The predicted molar refractivity (Wildman–Crippen MR) is 77.9 cm³/mol. The van der Waals surface area contributed by atoms with E-state index in [0.717, 1.165) is 18.6 Å². The molecule has 0 aromatic heterocycles. The van der Waals surface area contributed by atoms with Crippen LogP contribution in [0.25, 0.3) is 0 Å². The highest BCUT2D eigenvalue weighted by Gasteiger charge is 2.20. The van der Waals surface area contributed by atoms with Crippen LogP contribution in [-0.4, -0.2) is 6.54 Å². The first-order valence-corrected chi connectivity index (χ1v) is 7.04. The third-order valence-corrected chi connectivity index (χ3v) is 3.46. The first-order chi connectivity index (χ1) is 10.0. The maximum atomic E-state index is 14.2. The number of nitrogens with one attached hydrogen (secondary N) is 1. The van der Waals surface area contributed by atoms with E-state index in [4.69, 9.17) is 11.6 Å². The Morgan fingerprint density at radius 1 is 1.10 bits per heavy atom. The quantitative estimate of drug-likeness (QED) is 0.832. The van der Waals surface area contributed by atoms with Gasteiger partial charge in [-0.15, -0.1) is 0 Å². The summed E-state index contributed by atoms with van der Waals surface area (Å²) < 4.78 is 40.7. The van der Waals surface area contributed by atoms with E-state index in [1.54, 1.807) is 12.1 Å². The Morgan fingerprint density at radius 3 is 2.52 bits per heavy atom. The molecule has 5 heteroatoms. The van der Waals surface area contributed by atoms with Gasteiger partial charge in [0.25, 0.3) is 0 Å². The summed E-state index contributed by atoms with van der Waals surface area (Å²) in [5.74, 6) is -2.45. The molecule has 0 heterocycles. The van der Waals surface area contributed by atoms with Crippen LogP contribution >= 0.6 is 11.6 Å². The minimum absolute atomic E-state index is 0.00150. The molecule has 1 atom stereocenters. The summed E-state index contributed by atoms with van der Waals surface area (Å²) in [6.07, 6.45) is 0.822. The fourth-order valence-electron chi connectivity index (χ4n) is 2.13. The highest BCUT2D eigenvalue weighted by atomic mass is 35.5. The maximum Gasteiger partial charge on any atom is 0.159 e. The average molecular weight is 314 g/mol. The van der Waals surface area contributed by atoms with Gasteiger partial charge in [0.1, 0.15) is 5.82 Å². The normalized spacial score (nSPS) is 12.4. The van der Waals surface area contributed by atoms with Crippen molar-refractivity contribution in [1.82, 2.24) is 5.32 Å². The number of hydrogen-bond donors (Lipinski definition) is 1. The van der Waals surface area contributed by atoms with Crippen molar-refractivity contribution in [2.24, 2.45) is 0 Å². The standard InChI is InChI=1S/C16H15ClF3N/c1-2-8-21-16(10-6-7-13(18)14(19)9-10)11-4-3-5-12(17)15(11)20/h3-7,9,16,21H,2,8H2,1H3. The van der Waals surface area contributed by atoms with Crippen LogP contribution in [-0.2, 0) is 0 Å². The van der Waals surface area contributed by atoms with Crippen LogP contribution < -0.4 is 5.32 Å². The minimum Gasteiger partial charge on any atom is -0.306 e. The molecule has 0 saturated heterocycles. The lowest BCUT2D eigenvalue weighted by atomic mass is 9.97. The van der Waals surface area contributed by atoms with Crippen LogP contribution in [0.4, 0.5) is 13.2 Å². The average Bonchev–Trinajstić information content (AvgIpc) is 2.47. The second kappa shape index (κ2) is 6.96. The van der Waals surface area contributed by atoms with E-state index in [-0.39, 0.29) is 5.02 Å². The van der Waals surface area contributed by atoms with Gasteiger partial charge in [0.05, 0.1) is 11.1 Å². The van der Waals surface area contributed by atoms with Gasteiger partial charge in [-0.25, -0.2) is 13.2 Å². The van der Waals surface area contributed by atoms with Gasteiger partial charge in [0.15, 0.2) is 11.6 Å². The van der Waals surface area contributed by atoms with Crippen LogP contribution in [0.3, 0.4) is 0 Å². The van der Waals surface area contributed by atoms with Crippen molar-refractivity contribution in [3.8, 4) is 0 Å². The molecule has 2 aromatic carbocycles. The molecule has 1 unspecified atom stereocenters. The van der Waals surface area contributed by atoms with E-state index in [0.29, 0.717) is 17.7 Å². The zero-order chi connectivity index (χ0) is 15.4. The fraction of sp³-hybridized carbons (Fsp3) is 0.250. The number of rotatable bonds is 5. The molecule has 0 radical (unpaired) electrons. The fourth-order valence-corrected chi connectivity index (χ4v) is 2.31. The zero-order valence-corrected chi connectivity index (χ0v) is 12.2. The van der Waals surface area contributed by atoms with E-state index < -0.39 is 23.5 Å². The van der Waals surface area contributed by atoms with Crippen molar-refractivity contribution in [3.05, 3.63) is 70.0 Å². The van der Waals surface area contributed by atoms with Gasteiger partial charge >= 0.3 is 0 Å². The van der Waals surface area contributed by atoms with Crippen molar-refractivity contribution < 1.29 is 13.2 Å². The predicted octanol–water partition coefficient (Wildman–Crippen LogP) is 4.85. The summed E-state index contributed by atoms with van der Waals surface area (Å²) in [7, 11) is 0. The molecule has 0 aliphatic heterocycles. The molecule has 1 nitrogen and oxygen atoms in total. The Balaban J connectivity index is 2.47. The van der Waals surface area contributed by atoms with Gasteiger partial charge in [-0.3, -0.25) is 0 Å². The molecule has 0 saturated carbocycles. The molecule has 112 valence electrons. The Labute approximate surface area is 126 Å². The summed E-state index contributed by atoms with van der Waals surface area (Å²) in [6, 6.07) is 7.61. The summed E-state index contributed by atoms with van der Waals surface area (Å²) >= 11 is 5.80. The molecule has 1 N–H and O–H groups in total. The van der Waals surface area contributed by atoms with Gasteiger partial charge in [-0.05, 0) is 36.7 Å². The zero-order valence-electron chi connectivity index (χ0n) is 11.5. The van der Waals surface area contributed by atoms with Crippen molar-refractivity contribution >= 4 is 11.6 Å². The summed E-state index contributed by atoms with van der Waals surface area (Å²) in [5.41, 5.74) is 0.755. The van der Waals surface area contributed by atoms with Gasteiger partial charge in [0.2, 0.25) is 0 Å². The van der Waals surface area contributed by atoms with Crippen molar-refractivity contribution in [2.45, 2.75) is 19.4 Å². The lowest BCUT2D eigenvalue weighted by Crippen LogP contribution is -2.24. The van der Waals surface area contributed by atoms with Gasteiger partial charge in [-0.2, -0.15) is 0 Å². The lowest BCUT2D eigenvalue weighted by molar-refractivity contribution is 0.500. The third-order valence-electron chi connectivity index (χ3n) is 3.17. The Bertz CT molecular complexity index is 631. The topological polar surface area (TPSA) is 12.0 Å².